The summed E-state index contributed by atoms with van der Waals surface area (Å²) in [4.78, 5) is 37.8. The van der Waals surface area contributed by atoms with Crippen molar-refractivity contribution < 1.29 is 14.3 Å². The van der Waals surface area contributed by atoms with Crippen molar-refractivity contribution in [2.24, 2.45) is 5.92 Å². The minimum Gasteiger partial charge on any atom is -0.381 e. The minimum atomic E-state index is -0.106. The monoisotopic (exact) mass is 495 g/mol. The molecule has 0 radical (unpaired) electrons. The van der Waals surface area contributed by atoms with Gasteiger partial charge in [-0.05, 0) is 38.5 Å². The second-order valence-corrected chi connectivity index (χ2v) is 10.4. The molecule has 6 rings (SSSR count). The number of likely N-dealkylation sites (tertiary alicyclic amines) is 1. The molecule has 3 aliphatic rings. The molecule has 5 heterocycles. The summed E-state index contributed by atoms with van der Waals surface area (Å²) >= 11 is 1.56. The molecule has 184 valence electrons. The number of amides is 2. The topological polar surface area (TPSA) is 114 Å². The molecule has 0 aromatic carbocycles. The summed E-state index contributed by atoms with van der Waals surface area (Å²) in [7, 11) is 0. The Hall–Kier alpha value is -3.05. The van der Waals surface area contributed by atoms with Crippen molar-refractivity contribution in [3.8, 4) is 11.4 Å². The van der Waals surface area contributed by atoms with E-state index in [0.717, 1.165) is 48.9 Å². The van der Waals surface area contributed by atoms with Crippen molar-refractivity contribution in [3.63, 3.8) is 0 Å². The maximum Gasteiger partial charge on any atom is 0.272 e. The van der Waals surface area contributed by atoms with Crippen molar-refractivity contribution in [2.45, 2.75) is 50.6 Å². The first-order valence-corrected chi connectivity index (χ1v) is 13.3. The highest BCUT2D eigenvalue weighted by molar-refractivity contribution is 7.16. The lowest BCUT2D eigenvalue weighted by Crippen LogP contribution is -2.47. The zero-order chi connectivity index (χ0) is 23.8. The van der Waals surface area contributed by atoms with Crippen LogP contribution in [-0.4, -0.2) is 74.7 Å². The van der Waals surface area contributed by atoms with Gasteiger partial charge in [-0.3, -0.25) is 9.59 Å². The number of piperidine rings is 1. The first-order valence-electron chi connectivity index (χ1n) is 12.4. The number of hydrogen-bond acceptors (Lipinski definition) is 8. The van der Waals surface area contributed by atoms with Gasteiger partial charge in [0, 0.05) is 61.9 Å². The van der Waals surface area contributed by atoms with Crippen molar-refractivity contribution in [1.82, 2.24) is 29.8 Å². The maximum atomic E-state index is 13.5. The summed E-state index contributed by atoms with van der Waals surface area (Å²) in [5, 5.41) is 13.0. The van der Waals surface area contributed by atoms with Crippen LogP contribution in [0.25, 0.3) is 16.2 Å². The molecule has 11 heteroatoms. The number of ether oxygens (including phenoxy) is 1. The zero-order valence-electron chi connectivity index (χ0n) is 19.5. The molecule has 35 heavy (non-hydrogen) atoms. The van der Waals surface area contributed by atoms with Crippen LogP contribution in [0.3, 0.4) is 0 Å². The van der Waals surface area contributed by atoms with Gasteiger partial charge in [0.2, 0.25) is 5.91 Å². The van der Waals surface area contributed by atoms with Crippen LogP contribution in [0.4, 0.5) is 5.82 Å². The molecular weight excluding hydrogens is 466 g/mol. The van der Waals surface area contributed by atoms with Crippen LogP contribution in [0.5, 0.6) is 0 Å². The van der Waals surface area contributed by atoms with Gasteiger partial charge in [-0.25, -0.2) is 14.5 Å². The van der Waals surface area contributed by atoms with E-state index in [2.05, 4.69) is 20.7 Å². The van der Waals surface area contributed by atoms with Gasteiger partial charge in [-0.15, -0.1) is 11.3 Å². The number of hydrogen-bond donors (Lipinski definition) is 2. The third-order valence-corrected chi connectivity index (χ3v) is 7.86. The number of aromatic nitrogens is 4. The number of thiazole rings is 1. The lowest BCUT2D eigenvalue weighted by atomic mass is 10.0. The SMILES string of the molecule is O=C(NC1CCN(C(=O)c2cc(NC3CCOCC3)nc(-c3cnn4ccsc34)n2)CC1)C1CC1. The van der Waals surface area contributed by atoms with Crippen LogP contribution in [0.15, 0.2) is 23.8 Å². The van der Waals surface area contributed by atoms with Crippen LogP contribution in [-0.2, 0) is 9.53 Å². The summed E-state index contributed by atoms with van der Waals surface area (Å²) in [5.74, 6) is 1.40. The largest absolute Gasteiger partial charge is 0.381 e. The molecule has 2 aliphatic heterocycles. The average molecular weight is 496 g/mol. The first kappa shape index (κ1) is 22.4. The van der Waals surface area contributed by atoms with Crippen molar-refractivity contribution in [2.75, 3.05) is 31.6 Å². The number of carbonyl (C=O) groups excluding carboxylic acids is 2. The molecule has 2 N–H and O–H groups in total. The van der Waals surface area contributed by atoms with Crippen molar-refractivity contribution in [1.29, 1.82) is 0 Å². The average Bonchev–Trinajstić information content (AvgIpc) is 3.50. The van der Waals surface area contributed by atoms with Gasteiger partial charge in [0.1, 0.15) is 16.3 Å². The highest BCUT2D eigenvalue weighted by Crippen LogP contribution is 2.30. The number of nitrogens with one attached hydrogen (secondary N) is 2. The fraction of sp³-hybridized carbons (Fsp3) is 0.542. The van der Waals surface area contributed by atoms with Gasteiger partial charge < -0.3 is 20.3 Å². The van der Waals surface area contributed by atoms with E-state index in [0.29, 0.717) is 43.6 Å². The van der Waals surface area contributed by atoms with E-state index in [9.17, 15) is 9.59 Å². The summed E-state index contributed by atoms with van der Waals surface area (Å²) < 4.78 is 7.28. The third kappa shape index (κ3) is 4.87. The second kappa shape index (κ2) is 9.54. The predicted octanol–water partition coefficient (Wildman–Crippen LogP) is 2.57. The molecule has 3 fully saturated rings. The van der Waals surface area contributed by atoms with Gasteiger partial charge in [0.15, 0.2) is 5.82 Å². The molecule has 2 amide bonds. The fourth-order valence-electron chi connectivity index (χ4n) is 4.74. The standard InChI is InChI=1S/C24H29N7O3S/c32-22(15-1-2-15)27-16-3-7-30(8-4-16)23(33)19-13-20(26-17-5-10-34-11-6-17)29-21(28-19)18-14-25-31-9-12-35-24(18)31/h9,12-17H,1-8,10-11H2,(H,27,32)(H,26,28,29). The number of nitrogens with zero attached hydrogens (tertiary/aromatic N) is 5. The van der Waals surface area contributed by atoms with E-state index in [1.807, 2.05) is 16.5 Å². The lowest BCUT2D eigenvalue weighted by Gasteiger charge is -2.32. The van der Waals surface area contributed by atoms with Crippen LogP contribution in [0, 0.1) is 5.92 Å². The molecule has 2 saturated heterocycles. The van der Waals surface area contributed by atoms with E-state index in [4.69, 9.17) is 9.72 Å². The van der Waals surface area contributed by atoms with Gasteiger partial charge in [0.25, 0.3) is 5.91 Å². The number of anilines is 1. The number of rotatable bonds is 6. The molecule has 1 saturated carbocycles. The van der Waals surface area contributed by atoms with E-state index in [-0.39, 0.29) is 29.8 Å². The lowest BCUT2D eigenvalue weighted by molar-refractivity contribution is -0.123. The van der Waals surface area contributed by atoms with Gasteiger partial charge in [-0.2, -0.15) is 5.10 Å². The van der Waals surface area contributed by atoms with E-state index < -0.39 is 0 Å². The van der Waals surface area contributed by atoms with Crippen LogP contribution >= 0.6 is 11.3 Å². The second-order valence-electron chi connectivity index (χ2n) is 9.55. The minimum absolute atomic E-state index is 0.106. The molecule has 3 aromatic heterocycles. The quantitative estimate of drug-likeness (QED) is 0.540. The van der Waals surface area contributed by atoms with Crippen molar-refractivity contribution in [3.05, 3.63) is 29.5 Å². The van der Waals surface area contributed by atoms with Gasteiger partial charge in [0.05, 0.1) is 11.8 Å². The first-order chi connectivity index (χ1) is 17.1. The highest BCUT2D eigenvalue weighted by atomic mass is 32.1. The van der Waals surface area contributed by atoms with Crippen LogP contribution in [0.1, 0.15) is 49.0 Å². The van der Waals surface area contributed by atoms with Crippen molar-refractivity contribution >= 4 is 33.8 Å². The van der Waals surface area contributed by atoms with E-state index in [1.165, 1.54) is 0 Å². The molecule has 0 spiro atoms. The van der Waals surface area contributed by atoms with Gasteiger partial charge in [-0.1, -0.05) is 0 Å². The Bertz CT molecular complexity index is 1220. The van der Waals surface area contributed by atoms with E-state index in [1.54, 1.807) is 28.1 Å². The molecule has 0 bridgehead atoms. The normalized spacial score (nSPS) is 19.7. The Morgan fingerprint density at radius 1 is 1.03 bits per heavy atom. The Kier molecular flexibility index (Phi) is 6.11. The van der Waals surface area contributed by atoms with Crippen LogP contribution in [0.2, 0.25) is 0 Å². The molecule has 3 aromatic rings. The smallest absolute Gasteiger partial charge is 0.272 e. The summed E-state index contributed by atoms with van der Waals surface area (Å²) in [6.07, 6.45) is 8.95. The Morgan fingerprint density at radius 3 is 2.60 bits per heavy atom. The Balaban J connectivity index is 1.22. The predicted molar refractivity (Wildman–Crippen MR) is 131 cm³/mol. The summed E-state index contributed by atoms with van der Waals surface area (Å²) in [6.45, 7) is 2.62. The molecule has 0 unspecified atom stereocenters. The zero-order valence-corrected chi connectivity index (χ0v) is 20.3. The Labute approximate surface area is 207 Å². The number of fused-ring (bicyclic) bond motifs is 1. The fourth-order valence-corrected chi connectivity index (χ4v) is 5.53. The number of carbonyl (C=O) groups is 2. The molecule has 10 nitrogen and oxygen atoms in total. The van der Waals surface area contributed by atoms with Crippen LogP contribution < -0.4 is 10.6 Å². The molecule has 0 atom stereocenters. The molecular formula is C24H29N7O3S. The highest BCUT2D eigenvalue weighted by Gasteiger charge is 2.33. The summed E-state index contributed by atoms with van der Waals surface area (Å²) in [6, 6.07) is 2.14. The van der Waals surface area contributed by atoms with Gasteiger partial charge >= 0.3 is 0 Å². The Morgan fingerprint density at radius 2 is 1.83 bits per heavy atom. The van der Waals surface area contributed by atoms with E-state index >= 15 is 0 Å². The third-order valence-electron chi connectivity index (χ3n) is 6.97. The maximum absolute atomic E-state index is 13.5. The summed E-state index contributed by atoms with van der Waals surface area (Å²) in [5.41, 5.74) is 1.19. The molecule has 1 aliphatic carbocycles.